The van der Waals surface area contributed by atoms with Crippen molar-refractivity contribution < 1.29 is 4.79 Å². The van der Waals surface area contributed by atoms with Crippen molar-refractivity contribution in [3.05, 3.63) is 34.7 Å². The van der Waals surface area contributed by atoms with Crippen LogP contribution in [0, 0.1) is 13.8 Å². The second kappa shape index (κ2) is 7.36. The van der Waals surface area contributed by atoms with Gasteiger partial charge in [0.05, 0.1) is 5.69 Å². The molecule has 0 aliphatic heterocycles. The summed E-state index contributed by atoms with van der Waals surface area (Å²) in [6.07, 6.45) is 3.74. The van der Waals surface area contributed by atoms with Crippen molar-refractivity contribution in [2.45, 2.75) is 46.5 Å². The average molecular weight is 302 g/mol. The molecule has 1 N–H and O–H groups in total. The fraction of sp³-hybridized carbons (Fsp3) is 0.412. The topological polar surface area (TPSA) is 42.0 Å². The molecule has 0 aliphatic rings. The molecule has 0 saturated heterocycles. The van der Waals surface area contributed by atoms with E-state index in [9.17, 15) is 4.79 Å². The van der Waals surface area contributed by atoms with Gasteiger partial charge in [-0.05, 0) is 37.5 Å². The SMILES string of the molecule is CCCCCC(=O)Nc1nc(-c2ccc(C)c(C)c2)cs1. The number of hydrogen-bond donors (Lipinski definition) is 1. The van der Waals surface area contributed by atoms with Crippen molar-refractivity contribution in [2.75, 3.05) is 5.32 Å². The minimum Gasteiger partial charge on any atom is -0.302 e. The number of nitrogens with zero attached hydrogens (tertiary/aromatic N) is 1. The molecule has 4 heteroatoms. The Bertz CT molecular complexity index is 619. The number of rotatable bonds is 6. The van der Waals surface area contributed by atoms with Crippen LogP contribution in [-0.2, 0) is 4.79 Å². The molecule has 1 aromatic carbocycles. The summed E-state index contributed by atoms with van der Waals surface area (Å²) in [7, 11) is 0. The molecule has 2 rings (SSSR count). The quantitative estimate of drug-likeness (QED) is 0.767. The van der Waals surface area contributed by atoms with Crippen molar-refractivity contribution in [3.63, 3.8) is 0 Å². The Labute approximate surface area is 130 Å². The van der Waals surface area contributed by atoms with E-state index in [0.29, 0.717) is 11.6 Å². The van der Waals surface area contributed by atoms with Gasteiger partial charge in [-0.2, -0.15) is 0 Å². The zero-order valence-corrected chi connectivity index (χ0v) is 13.7. The van der Waals surface area contributed by atoms with Crippen molar-refractivity contribution in [1.82, 2.24) is 4.98 Å². The molecule has 21 heavy (non-hydrogen) atoms. The van der Waals surface area contributed by atoms with E-state index in [1.54, 1.807) is 0 Å². The van der Waals surface area contributed by atoms with E-state index in [0.717, 1.165) is 30.5 Å². The van der Waals surface area contributed by atoms with E-state index in [2.05, 4.69) is 49.3 Å². The van der Waals surface area contributed by atoms with Crippen LogP contribution in [0.3, 0.4) is 0 Å². The summed E-state index contributed by atoms with van der Waals surface area (Å²) >= 11 is 1.48. The Morgan fingerprint density at radius 3 is 2.76 bits per heavy atom. The van der Waals surface area contributed by atoms with Gasteiger partial charge in [-0.25, -0.2) is 4.98 Å². The highest BCUT2D eigenvalue weighted by Gasteiger charge is 2.08. The number of aromatic nitrogens is 1. The Morgan fingerprint density at radius 2 is 2.05 bits per heavy atom. The summed E-state index contributed by atoms with van der Waals surface area (Å²) in [6, 6.07) is 6.31. The van der Waals surface area contributed by atoms with Crippen molar-refractivity contribution in [3.8, 4) is 11.3 Å². The number of hydrogen-bond acceptors (Lipinski definition) is 3. The first-order valence-electron chi connectivity index (χ1n) is 7.43. The molecule has 112 valence electrons. The summed E-state index contributed by atoms with van der Waals surface area (Å²) in [6.45, 7) is 6.33. The van der Waals surface area contributed by atoms with Gasteiger partial charge in [0.2, 0.25) is 5.91 Å². The molecule has 0 radical (unpaired) electrons. The Kier molecular flexibility index (Phi) is 5.51. The summed E-state index contributed by atoms with van der Waals surface area (Å²) in [5, 5.41) is 5.56. The minimum atomic E-state index is 0.0597. The lowest BCUT2D eigenvalue weighted by Crippen LogP contribution is -2.10. The molecule has 0 atom stereocenters. The van der Waals surface area contributed by atoms with Crippen LogP contribution in [0.15, 0.2) is 23.6 Å². The largest absolute Gasteiger partial charge is 0.302 e. The highest BCUT2D eigenvalue weighted by molar-refractivity contribution is 7.14. The summed E-state index contributed by atoms with van der Waals surface area (Å²) in [5.41, 5.74) is 4.55. The lowest BCUT2D eigenvalue weighted by molar-refractivity contribution is -0.116. The van der Waals surface area contributed by atoms with Crippen LogP contribution in [0.25, 0.3) is 11.3 Å². The third kappa shape index (κ3) is 4.39. The average Bonchev–Trinajstić information content (AvgIpc) is 2.90. The maximum Gasteiger partial charge on any atom is 0.226 e. The normalized spacial score (nSPS) is 10.6. The molecule has 0 fully saturated rings. The van der Waals surface area contributed by atoms with Crippen molar-refractivity contribution >= 4 is 22.4 Å². The van der Waals surface area contributed by atoms with Gasteiger partial charge in [0.25, 0.3) is 0 Å². The number of thiazole rings is 1. The van der Waals surface area contributed by atoms with Gasteiger partial charge in [0.1, 0.15) is 0 Å². The molecule has 0 aliphatic carbocycles. The van der Waals surface area contributed by atoms with Crippen molar-refractivity contribution in [1.29, 1.82) is 0 Å². The van der Waals surface area contributed by atoms with Crippen LogP contribution < -0.4 is 5.32 Å². The number of benzene rings is 1. The molecule has 0 unspecified atom stereocenters. The maximum absolute atomic E-state index is 11.8. The maximum atomic E-state index is 11.8. The molecule has 0 saturated carbocycles. The first-order chi connectivity index (χ1) is 10.1. The third-order valence-corrected chi connectivity index (χ3v) is 4.32. The Morgan fingerprint density at radius 1 is 1.24 bits per heavy atom. The Hall–Kier alpha value is -1.68. The standard InChI is InChI=1S/C17H22N2OS/c1-4-5-6-7-16(20)19-17-18-15(11-21-17)14-9-8-12(2)13(3)10-14/h8-11H,4-7H2,1-3H3,(H,18,19,20). The van der Waals surface area contributed by atoms with Gasteiger partial charge in [-0.15, -0.1) is 11.3 Å². The first kappa shape index (κ1) is 15.7. The number of carbonyl (C=O) groups is 1. The van der Waals surface area contributed by atoms with Gasteiger partial charge in [-0.1, -0.05) is 31.9 Å². The van der Waals surface area contributed by atoms with Crippen LogP contribution in [-0.4, -0.2) is 10.9 Å². The van der Waals surface area contributed by atoms with Crippen LogP contribution in [0.1, 0.15) is 43.7 Å². The number of unbranched alkanes of at least 4 members (excludes halogenated alkanes) is 2. The molecule has 1 aromatic heterocycles. The highest BCUT2D eigenvalue weighted by Crippen LogP contribution is 2.26. The van der Waals surface area contributed by atoms with Crippen LogP contribution in [0.4, 0.5) is 5.13 Å². The molecule has 2 aromatic rings. The number of aryl methyl sites for hydroxylation is 2. The van der Waals surface area contributed by atoms with Gasteiger partial charge in [0, 0.05) is 17.4 Å². The fourth-order valence-corrected chi connectivity index (χ4v) is 2.82. The number of carbonyl (C=O) groups excluding carboxylic acids is 1. The van der Waals surface area contributed by atoms with Crippen LogP contribution >= 0.6 is 11.3 Å². The molecule has 0 spiro atoms. The van der Waals surface area contributed by atoms with Gasteiger partial charge in [0.15, 0.2) is 5.13 Å². The summed E-state index contributed by atoms with van der Waals surface area (Å²) < 4.78 is 0. The monoisotopic (exact) mass is 302 g/mol. The molecular formula is C17H22N2OS. The Balaban J connectivity index is 2.00. The zero-order chi connectivity index (χ0) is 15.2. The summed E-state index contributed by atoms with van der Waals surface area (Å²) in [4.78, 5) is 16.3. The third-order valence-electron chi connectivity index (χ3n) is 3.56. The lowest BCUT2D eigenvalue weighted by Gasteiger charge is -2.03. The van der Waals surface area contributed by atoms with Gasteiger partial charge >= 0.3 is 0 Å². The minimum absolute atomic E-state index is 0.0597. The van der Waals surface area contributed by atoms with Gasteiger partial charge in [-0.3, -0.25) is 4.79 Å². The first-order valence-corrected chi connectivity index (χ1v) is 8.31. The summed E-state index contributed by atoms with van der Waals surface area (Å²) in [5.74, 6) is 0.0597. The van der Waals surface area contributed by atoms with Crippen LogP contribution in [0.2, 0.25) is 0 Å². The van der Waals surface area contributed by atoms with E-state index < -0.39 is 0 Å². The van der Waals surface area contributed by atoms with E-state index in [1.807, 2.05) is 5.38 Å². The van der Waals surface area contributed by atoms with Gasteiger partial charge < -0.3 is 5.32 Å². The fourth-order valence-electron chi connectivity index (χ4n) is 2.08. The highest BCUT2D eigenvalue weighted by atomic mass is 32.1. The van der Waals surface area contributed by atoms with Crippen molar-refractivity contribution in [2.24, 2.45) is 0 Å². The second-order valence-corrected chi connectivity index (χ2v) is 6.20. The second-order valence-electron chi connectivity index (χ2n) is 5.34. The van der Waals surface area contributed by atoms with E-state index in [1.165, 1.54) is 22.5 Å². The molecule has 0 bridgehead atoms. The molecule has 1 amide bonds. The molecule has 3 nitrogen and oxygen atoms in total. The number of anilines is 1. The zero-order valence-electron chi connectivity index (χ0n) is 12.9. The smallest absolute Gasteiger partial charge is 0.226 e. The van der Waals surface area contributed by atoms with E-state index >= 15 is 0 Å². The number of amides is 1. The van der Waals surface area contributed by atoms with E-state index in [-0.39, 0.29) is 5.91 Å². The molecule has 1 heterocycles. The van der Waals surface area contributed by atoms with E-state index in [4.69, 9.17) is 0 Å². The predicted octanol–water partition coefficient (Wildman–Crippen LogP) is 4.95. The molecular weight excluding hydrogens is 280 g/mol. The predicted molar refractivity (Wildman–Crippen MR) is 89.8 cm³/mol. The lowest BCUT2D eigenvalue weighted by atomic mass is 10.1. The number of nitrogens with one attached hydrogen (secondary N) is 1. The van der Waals surface area contributed by atoms with Crippen LogP contribution in [0.5, 0.6) is 0 Å².